The SMILES string of the molecule is COc1ccc(S(=O)(=O)N(CC(=O)Nc2ccc(Cl)c(C(F)(F)F)c2)c2cccc(Cl)c2)cc1. The fraction of sp³-hybridized carbons (Fsp3) is 0.136. The third kappa shape index (κ3) is 5.94. The van der Waals surface area contributed by atoms with Gasteiger partial charge in [-0.3, -0.25) is 9.10 Å². The molecule has 3 rings (SSSR count). The first kappa shape index (κ1) is 25.7. The number of anilines is 2. The third-order valence-corrected chi connectivity index (χ3v) is 6.94. The number of hydrogen-bond acceptors (Lipinski definition) is 4. The number of nitrogens with one attached hydrogen (secondary N) is 1. The minimum absolute atomic E-state index is 0.0885. The molecule has 0 radical (unpaired) electrons. The van der Waals surface area contributed by atoms with Gasteiger partial charge in [-0.05, 0) is 60.7 Å². The molecule has 0 aliphatic heterocycles. The zero-order valence-corrected chi connectivity index (χ0v) is 19.8. The van der Waals surface area contributed by atoms with E-state index in [1.807, 2.05) is 0 Å². The number of hydrogen-bond donors (Lipinski definition) is 1. The molecule has 0 aromatic heterocycles. The Hall–Kier alpha value is -2.95. The normalized spacial score (nSPS) is 11.7. The quantitative estimate of drug-likeness (QED) is 0.413. The number of sulfonamides is 1. The van der Waals surface area contributed by atoms with Crippen LogP contribution in [0.1, 0.15) is 5.56 Å². The first-order valence-corrected chi connectivity index (χ1v) is 11.7. The molecule has 0 unspecified atom stereocenters. The number of halogens is 5. The number of benzene rings is 3. The molecule has 0 fully saturated rings. The van der Waals surface area contributed by atoms with Crippen LogP contribution in [0, 0.1) is 0 Å². The van der Waals surface area contributed by atoms with Crippen LogP contribution >= 0.6 is 23.2 Å². The molecular weight excluding hydrogens is 516 g/mol. The Morgan fingerprint density at radius 1 is 1.03 bits per heavy atom. The Balaban J connectivity index is 1.94. The lowest BCUT2D eigenvalue weighted by atomic mass is 10.2. The van der Waals surface area contributed by atoms with E-state index in [2.05, 4.69) is 5.32 Å². The van der Waals surface area contributed by atoms with Crippen molar-refractivity contribution in [3.05, 3.63) is 82.3 Å². The predicted molar refractivity (Wildman–Crippen MR) is 124 cm³/mol. The Kier molecular flexibility index (Phi) is 7.64. The summed E-state index contributed by atoms with van der Waals surface area (Å²) in [6.45, 7) is -0.737. The zero-order chi connectivity index (χ0) is 25.1. The fourth-order valence-electron chi connectivity index (χ4n) is 2.97. The lowest BCUT2D eigenvalue weighted by Gasteiger charge is -2.24. The van der Waals surface area contributed by atoms with Crippen molar-refractivity contribution in [1.82, 2.24) is 0 Å². The van der Waals surface area contributed by atoms with Crippen LogP contribution in [0.4, 0.5) is 24.5 Å². The van der Waals surface area contributed by atoms with E-state index in [0.717, 1.165) is 10.4 Å². The second-order valence-electron chi connectivity index (χ2n) is 6.91. The second kappa shape index (κ2) is 10.1. The molecule has 12 heteroatoms. The van der Waals surface area contributed by atoms with Crippen molar-refractivity contribution in [3.63, 3.8) is 0 Å². The average molecular weight is 533 g/mol. The van der Waals surface area contributed by atoms with Gasteiger partial charge >= 0.3 is 6.18 Å². The topological polar surface area (TPSA) is 75.7 Å². The number of amides is 1. The van der Waals surface area contributed by atoms with Crippen LogP contribution in [-0.2, 0) is 21.0 Å². The summed E-state index contributed by atoms with van der Waals surface area (Å²) in [5, 5.41) is 1.97. The molecule has 34 heavy (non-hydrogen) atoms. The van der Waals surface area contributed by atoms with E-state index in [9.17, 15) is 26.4 Å². The molecule has 3 aromatic rings. The van der Waals surface area contributed by atoms with Crippen molar-refractivity contribution in [2.75, 3.05) is 23.3 Å². The molecule has 1 amide bonds. The molecule has 0 saturated heterocycles. The maximum Gasteiger partial charge on any atom is 0.417 e. The van der Waals surface area contributed by atoms with E-state index in [4.69, 9.17) is 27.9 Å². The van der Waals surface area contributed by atoms with Gasteiger partial charge in [0, 0.05) is 10.7 Å². The lowest BCUT2D eigenvalue weighted by Crippen LogP contribution is -2.38. The van der Waals surface area contributed by atoms with E-state index in [0.29, 0.717) is 11.8 Å². The van der Waals surface area contributed by atoms with E-state index in [1.54, 1.807) is 0 Å². The lowest BCUT2D eigenvalue weighted by molar-refractivity contribution is -0.137. The Bertz CT molecular complexity index is 1300. The summed E-state index contributed by atoms with van der Waals surface area (Å²) in [6.07, 6.45) is -4.73. The van der Waals surface area contributed by atoms with E-state index >= 15 is 0 Å². The molecule has 0 aliphatic rings. The zero-order valence-electron chi connectivity index (χ0n) is 17.4. The monoisotopic (exact) mass is 532 g/mol. The maximum absolute atomic E-state index is 13.4. The Labute approximate surface area is 203 Å². The molecule has 0 spiro atoms. The predicted octanol–water partition coefficient (Wildman–Crippen LogP) is 5.85. The van der Waals surface area contributed by atoms with Crippen molar-refractivity contribution in [1.29, 1.82) is 0 Å². The van der Waals surface area contributed by atoms with Crippen molar-refractivity contribution in [2.45, 2.75) is 11.1 Å². The molecule has 3 aromatic carbocycles. The number of carbonyl (C=O) groups excluding carboxylic acids is 1. The van der Waals surface area contributed by atoms with Gasteiger partial charge in [-0.2, -0.15) is 13.2 Å². The molecular formula is C22H17Cl2F3N2O4S. The molecule has 6 nitrogen and oxygen atoms in total. The van der Waals surface area contributed by atoms with Gasteiger partial charge in [-0.1, -0.05) is 29.3 Å². The summed E-state index contributed by atoms with van der Waals surface area (Å²) in [6, 6.07) is 14.1. The van der Waals surface area contributed by atoms with Gasteiger partial charge in [-0.25, -0.2) is 8.42 Å². The van der Waals surface area contributed by atoms with Crippen molar-refractivity contribution in [3.8, 4) is 5.75 Å². The minimum atomic E-state index is -4.73. The number of alkyl halides is 3. The smallest absolute Gasteiger partial charge is 0.417 e. The number of methoxy groups -OCH3 is 1. The summed E-state index contributed by atoms with van der Waals surface area (Å²) >= 11 is 11.6. The van der Waals surface area contributed by atoms with Crippen LogP contribution in [0.5, 0.6) is 5.75 Å². The van der Waals surface area contributed by atoms with Crippen LogP contribution in [0.15, 0.2) is 71.6 Å². The van der Waals surface area contributed by atoms with Crippen molar-refractivity contribution < 1.29 is 31.1 Å². The van der Waals surface area contributed by atoms with Gasteiger partial charge in [-0.15, -0.1) is 0 Å². The number of rotatable bonds is 7. The van der Waals surface area contributed by atoms with Crippen LogP contribution in [0.25, 0.3) is 0 Å². The molecule has 0 heterocycles. The molecule has 0 atom stereocenters. The van der Waals surface area contributed by atoms with Gasteiger partial charge in [0.2, 0.25) is 5.91 Å². The highest BCUT2D eigenvalue weighted by atomic mass is 35.5. The van der Waals surface area contributed by atoms with Gasteiger partial charge in [0.25, 0.3) is 10.0 Å². The summed E-state index contributed by atoms with van der Waals surface area (Å²) in [7, 11) is -2.84. The van der Waals surface area contributed by atoms with Crippen LogP contribution in [-0.4, -0.2) is 28.0 Å². The molecule has 1 N–H and O–H groups in total. The highest BCUT2D eigenvalue weighted by Crippen LogP contribution is 2.36. The summed E-state index contributed by atoms with van der Waals surface area (Å²) in [5.74, 6) is -0.457. The van der Waals surface area contributed by atoms with E-state index < -0.39 is 39.2 Å². The van der Waals surface area contributed by atoms with Crippen molar-refractivity contribution >= 4 is 50.5 Å². The largest absolute Gasteiger partial charge is 0.497 e. The first-order valence-electron chi connectivity index (χ1n) is 9.51. The Morgan fingerprint density at radius 2 is 1.71 bits per heavy atom. The number of carbonyl (C=O) groups is 1. The van der Waals surface area contributed by atoms with Gasteiger partial charge in [0.1, 0.15) is 12.3 Å². The maximum atomic E-state index is 13.4. The van der Waals surface area contributed by atoms with Crippen LogP contribution in [0.3, 0.4) is 0 Å². The highest BCUT2D eigenvalue weighted by molar-refractivity contribution is 7.92. The third-order valence-electron chi connectivity index (χ3n) is 4.59. The summed E-state index contributed by atoms with van der Waals surface area (Å²) in [5.41, 5.74) is -1.25. The van der Waals surface area contributed by atoms with E-state index in [-0.39, 0.29) is 21.3 Å². The van der Waals surface area contributed by atoms with Crippen molar-refractivity contribution in [2.24, 2.45) is 0 Å². The van der Waals surface area contributed by atoms with Gasteiger partial charge < -0.3 is 10.1 Å². The second-order valence-corrected chi connectivity index (χ2v) is 9.61. The standard InChI is InChI=1S/C22H17Cl2F3N2O4S/c1-33-17-6-8-18(9-7-17)34(31,32)29(16-4-2-3-14(23)11-16)13-21(30)28-15-5-10-20(24)19(12-15)22(25,26)27/h2-12H,13H2,1H3,(H,28,30). The molecule has 180 valence electrons. The number of ether oxygens (including phenoxy) is 1. The van der Waals surface area contributed by atoms with Crippen LogP contribution in [0.2, 0.25) is 10.0 Å². The Morgan fingerprint density at radius 3 is 2.29 bits per heavy atom. The van der Waals surface area contributed by atoms with E-state index in [1.165, 1.54) is 61.7 Å². The molecule has 0 aliphatic carbocycles. The van der Waals surface area contributed by atoms with Gasteiger partial charge in [0.15, 0.2) is 0 Å². The molecule has 0 saturated carbocycles. The highest BCUT2D eigenvalue weighted by Gasteiger charge is 2.34. The average Bonchev–Trinajstić information content (AvgIpc) is 2.78. The first-order chi connectivity index (χ1) is 15.9. The minimum Gasteiger partial charge on any atom is -0.497 e. The number of nitrogens with zero attached hydrogens (tertiary/aromatic N) is 1. The molecule has 0 bridgehead atoms. The summed E-state index contributed by atoms with van der Waals surface area (Å²) < 4.78 is 71.9. The fourth-order valence-corrected chi connectivity index (χ4v) is 4.79. The van der Waals surface area contributed by atoms with Gasteiger partial charge in [0.05, 0.1) is 28.3 Å². The summed E-state index contributed by atoms with van der Waals surface area (Å²) in [4.78, 5) is 12.6. The van der Waals surface area contributed by atoms with Crippen LogP contribution < -0.4 is 14.4 Å².